The normalized spacial score (nSPS) is 12.3. The van der Waals surface area contributed by atoms with Gasteiger partial charge in [0.2, 0.25) is 0 Å². The van der Waals surface area contributed by atoms with Crippen molar-refractivity contribution in [2.45, 2.75) is 13.0 Å². The first kappa shape index (κ1) is 14.6. The van der Waals surface area contributed by atoms with E-state index in [-0.39, 0.29) is 11.9 Å². The van der Waals surface area contributed by atoms with Crippen molar-refractivity contribution in [1.29, 1.82) is 0 Å². The van der Waals surface area contributed by atoms with Crippen molar-refractivity contribution >= 4 is 44.8 Å². The van der Waals surface area contributed by atoms with Crippen LogP contribution in [0.1, 0.15) is 18.5 Å². The van der Waals surface area contributed by atoms with Crippen LogP contribution in [-0.2, 0) is 0 Å². The highest BCUT2D eigenvalue weighted by Gasteiger charge is 2.13. The summed E-state index contributed by atoms with van der Waals surface area (Å²) in [7, 11) is 0. The van der Waals surface area contributed by atoms with Crippen LogP contribution in [0.4, 0.5) is 10.1 Å². The van der Waals surface area contributed by atoms with E-state index in [4.69, 9.17) is 23.2 Å². The fourth-order valence-corrected chi connectivity index (χ4v) is 2.81. The summed E-state index contributed by atoms with van der Waals surface area (Å²) in [6.45, 7) is 1.91. The number of hydrogen-bond donors (Lipinski definition) is 1. The van der Waals surface area contributed by atoms with E-state index < -0.39 is 0 Å². The van der Waals surface area contributed by atoms with Gasteiger partial charge < -0.3 is 5.32 Å². The largest absolute Gasteiger partial charge is 0.375 e. The minimum Gasteiger partial charge on any atom is -0.375 e. The Kier molecular flexibility index (Phi) is 4.71. The zero-order chi connectivity index (χ0) is 14.0. The van der Waals surface area contributed by atoms with E-state index in [0.717, 1.165) is 5.56 Å². The van der Waals surface area contributed by atoms with Crippen molar-refractivity contribution in [2.75, 3.05) is 5.32 Å². The van der Waals surface area contributed by atoms with Gasteiger partial charge in [-0.05, 0) is 52.7 Å². The maximum atomic E-state index is 13.7. The quantitative estimate of drug-likeness (QED) is 0.698. The molecule has 0 aliphatic rings. The number of nitrogens with one attached hydrogen (secondary N) is 1. The predicted octanol–water partition coefficient (Wildman–Crippen LogP) is 6.07. The van der Waals surface area contributed by atoms with Crippen molar-refractivity contribution in [3.63, 3.8) is 0 Å². The monoisotopic (exact) mass is 361 g/mol. The lowest BCUT2D eigenvalue weighted by Gasteiger charge is -2.18. The van der Waals surface area contributed by atoms with Crippen LogP contribution in [0, 0.1) is 5.82 Å². The van der Waals surface area contributed by atoms with Gasteiger partial charge in [0.05, 0.1) is 11.7 Å². The SMILES string of the molecule is CC(Nc1c(F)cccc1Br)c1ccc(Cl)cc1Cl. The minimum atomic E-state index is -0.314. The molecule has 0 saturated carbocycles. The molecule has 2 aromatic carbocycles. The van der Waals surface area contributed by atoms with Crippen molar-refractivity contribution in [2.24, 2.45) is 0 Å². The molecule has 0 aliphatic carbocycles. The van der Waals surface area contributed by atoms with Crippen LogP contribution in [0.25, 0.3) is 0 Å². The third-order valence-corrected chi connectivity index (χ3v) is 3.98. The van der Waals surface area contributed by atoms with Gasteiger partial charge in [0.25, 0.3) is 0 Å². The molecule has 2 rings (SSSR count). The Morgan fingerprint density at radius 1 is 1.21 bits per heavy atom. The molecule has 0 aliphatic heterocycles. The molecule has 0 spiro atoms. The molecular formula is C14H11BrCl2FN. The van der Waals surface area contributed by atoms with Crippen molar-refractivity contribution < 1.29 is 4.39 Å². The van der Waals surface area contributed by atoms with Gasteiger partial charge in [-0.2, -0.15) is 0 Å². The van der Waals surface area contributed by atoms with Gasteiger partial charge in [-0.1, -0.05) is 35.3 Å². The first-order chi connectivity index (χ1) is 8.99. The molecule has 100 valence electrons. The number of anilines is 1. The Morgan fingerprint density at radius 3 is 2.58 bits per heavy atom. The average Bonchev–Trinajstić information content (AvgIpc) is 2.33. The molecule has 1 nitrogen and oxygen atoms in total. The second-order valence-electron chi connectivity index (χ2n) is 4.13. The summed E-state index contributed by atoms with van der Waals surface area (Å²) in [5.41, 5.74) is 1.28. The first-order valence-electron chi connectivity index (χ1n) is 5.64. The second-order valence-corrected chi connectivity index (χ2v) is 5.83. The lowest BCUT2D eigenvalue weighted by molar-refractivity contribution is 0.626. The highest BCUT2D eigenvalue weighted by molar-refractivity contribution is 9.10. The van der Waals surface area contributed by atoms with Gasteiger partial charge in [0.1, 0.15) is 5.82 Å². The molecule has 1 unspecified atom stereocenters. The summed E-state index contributed by atoms with van der Waals surface area (Å²) in [5.74, 6) is -0.314. The van der Waals surface area contributed by atoms with E-state index in [1.54, 1.807) is 24.3 Å². The molecule has 0 fully saturated rings. The summed E-state index contributed by atoms with van der Waals surface area (Å²) in [6.07, 6.45) is 0. The van der Waals surface area contributed by atoms with Gasteiger partial charge in [-0.3, -0.25) is 0 Å². The Labute approximate surface area is 129 Å². The molecule has 0 heterocycles. The lowest BCUT2D eigenvalue weighted by atomic mass is 10.1. The van der Waals surface area contributed by atoms with Crippen LogP contribution < -0.4 is 5.32 Å². The highest BCUT2D eigenvalue weighted by atomic mass is 79.9. The molecule has 0 bridgehead atoms. The molecule has 5 heteroatoms. The number of hydrogen-bond acceptors (Lipinski definition) is 1. The van der Waals surface area contributed by atoms with Crippen LogP contribution in [-0.4, -0.2) is 0 Å². The summed E-state index contributed by atoms with van der Waals surface area (Å²) < 4.78 is 14.4. The van der Waals surface area contributed by atoms with E-state index >= 15 is 0 Å². The third kappa shape index (κ3) is 3.41. The molecule has 1 atom stereocenters. The zero-order valence-corrected chi connectivity index (χ0v) is 13.2. The summed E-state index contributed by atoms with van der Waals surface area (Å²) in [4.78, 5) is 0. The molecule has 0 radical (unpaired) electrons. The van der Waals surface area contributed by atoms with E-state index in [1.807, 2.05) is 13.0 Å². The number of halogens is 4. The second kappa shape index (κ2) is 6.12. The van der Waals surface area contributed by atoms with Crippen molar-refractivity contribution in [1.82, 2.24) is 0 Å². The van der Waals surface area contributed by atoms with Crippen molar-refractivity contribution in [3.8, 4) is 0 Å². The number of para-hydroxylation sites is 1. The molecule has 0 aromatic heterocycles. The van der Waals surface area contributed by atoms with E-state index in [0.29, 0.717) is 20.2 Å². The Bertz CT molecular complexity index is 584. The highest BCUT2D eigenvalue weighted by Crippen LogP contribution is 2.32. The Hall–Kier alpha value is -0.770. The van der Waals surface area contributed by atoms with E-state index in [1.165, 1.54) is 6.07 Å². The molecule has 1 N–H and O–H groups in total. The number of rotatable bonds is 3. The Balaban J connectivity index is 2.28. The van der Waals surface area contributed by atoms with E-state index in [9.17, 15) is 4.39 Å². The standard InChI is InChI=1S/C14H11BrCl2FN/c1-8(10-6-5-9(16)7-12(10)17)19-14-11(15)3-2-4-13(14)18/h2-8,19H,1H3. The molecule has 2 aromatic rings. The summed E-state index contributed by atoms with van der Waals surface area (Å²) >= 11 is 15.3. The third-order valence-electron chi connectivity index (χ3n) is 2.75. The van der Waals surface area contributed by atoms with Gasteiger partial charge >= 0.3 is 0 Å². The zero-order valence-electron chi connectivity index (χ0n) is 10.1. The Morgan fingerprint density at radius 2 is 1.95 bits per heavy atom. The minimum absolute atomic E-state index is 0.141. The number of benzene rings is 2. The first-order valence-corrected chi connectivity index (χ1v) is 7.19. The van der Waals surface area contributed by atoms with Crippen LogP contribution in [0.3, 0.4) is 0 Å². The summed E-state index contributed by atoms with van der Waals surface area (Å²) in [6, 6.07) is 9.95. The molecular weight excluding hydrogens is 352 g/mol. The average molecular weight is 363 g/mol. The molecule has 19 heavy (non-hydrogen) atoms. The van der Waals surface area contributed by atoms with Crippen LogP contribution in [0.15, 0.2) is 40.9 Å². The maximum Gasteiger partial charge on any atom is 0.147 e. The van der Waals surface area contributed by atoms with Crippen molar-refractivity contribution in [3.05, 3.63) is 62.3 Å². The maximum absolute atomic E-state index is 13.7. The topological polar surface area (TPSA) is 12.0 Å². The van der Waals surface area contributed by atoms with Gasteiger partial charge in [-0.25, -0.2) is 4.39 Å². The fourth-order valence-electron chi connectivity index (χ4n) is 1.78. The summed E-state index contributed by atoms with van der Waals surface area (Å²) in [5, 5.41) is 4.24. The van der Waals surface area contributed by atoms with Crippen LogP contribution in [0.2, 0.25) is 10.0 Å². The fraction of sp³-hybridized carbons (Fsp3) is 0.143. The molecule has 0 amide bonds. The van der Waals surface area contributed by atoms with Gasteiger partial charge in [0.15, 0.2) is 0 Å². The smallest absolute Gasteiger partial charge is 0.147 e. The van der Waals surface area contributed by atoms with E-state index in [2.05, 4.69) is 21.2 Å². The van der Waals surface area contributed by atoms with Gasteiger partial charge in [0, 0.05) is 14.5 Å². The van der Waals surface area contributed by atoms with Gasteiger partial charge in [-0.15, -0.1) is 0 Å². The predicted molar refractivity (Wildman–Crippen MR) is 82.6 cm³/mol. The van der Waals surface area contributed by atoms with Crippen LogP contribution in [0.5, 0.6) is 0 Å². The molecule has 0 saturated heterocycles. The van der Waals surface area contributed by atoms with Crippen LogP contribution >= 0.6 is 39.1 Å². The lowest BCUT2D eigenvalue weighted by Crippen LogP contribution is -2.09.